The topological polar surface area (TPSA) is 84.9 Å². The van der Waals surface area contributed by atoms with Gasteiger partial charge in [-0.25, -0.2) is 8.42 Å². The van der Waals surface area contributed by atoms with E-state index < -0.39 is 10.0 Å². The van der Waals surface area contributed by atoms with Crippen LogP contribution in [0.3, 0.4) is 0 Å². The number of carbonyl (C=O) groups is 1. The summed E-state index contributed by atoms with van der Waals surface area (Å²) in [4.78, 5) is 12.2. The number of hydrogen-bond acceptors (Lipinski definition) is 5. The van der Waals surface area contributed by atoms with Gasteiger partial charge in [0.15, 0.2) is 11.5 Å². The van der Waals surface area contributed by atoms with E-state index in [1.54, 1.807) is 50.6 Å². The summed E-state index contributed by atoms with van der Waals surface area (Å²) in [5.41, 5.74) is 1.50. The molecule has 146 valence electrons. The van der Waals surface area contributed by atoms with Crippen molar-refractivity contribution in [3.63, 3.8) is 0 Å². The monoisotopic (exact) mass is 392 g/mol. The van der Waals surface area contributed by atoms with Crippen molar-refractivity contribution in [3.8, 4) is 11.5 Å². The summed E-state index contributed by atoms with van der Waals surface area (Å²) in [6.45, 7) is -0.0719. The number of ether oxygens (including phenoxy) is 2. The van der Waals surface area contributed by atoms with E-state index in [1.165, 1.54) is 0 Å². The molecule has 0 bridgehead atoms. The molecule has 2 aromatic carbocycles. The SMILES string of the molecule is COc1ccc(CCN(CC(=O)Nc2ccccc2)S(C)(=O)=O)cc1OC. The number of amides is 1. The van der Waals surface area contributed by atoms with E-state index in [2.05, 4.69) is 5.32 Å². The minimum atomic E-state index is -3.53. The highest BCUT2D eigenvalue weighted by atomic mass is 32.2. The second kappa shape index (κ2) is 9.38. The fourth-order valence-corrected chi connectivity index (χ4v) is 3.31. The van der Waals surface area contributed by atoms with Crippen molar-refractivity contribution in [2.75, 3.05) is 38.9 Å². The highest BCUT2D eigenvalue weighted by molar-refractivity contribution is 7.88. The average molecular weight is 392 g/mol. The molecule has 0 fully saturated rings. The van der Waals surface area contributed by atoms with Gasteiger partial charge in [-0.05, 0) is 36.2 Å². The normalized spacial score (nSPS) is 11.3. The molecule has 0 atom stereocenters. The van der Waals surface area contributed by atoms with E-state index >= 15 is 0 Å². The van der Waals surface area contributed by atoms with E-state index in [9.17, 15) is 13.2 Å². The van der Waals surface area contributed by atoms with Gasteiger partial charge in [0, 0.05) is 12.2 Å². The number of anilines is 1. The standard InChI is InChI=1S/C19H24N2O5S/c1-25-17-10-9-15(13-18(17)26-2)11-12-21(27(3,23)24)14-19(22)20-16-7-5-4-6-8-16/h4-10,13H,11-12,14H2,1-3H3,(H,20,22). The van der Waals surface area contributed by atoms with Gasteiger partial charge in [0.1, 0.15) is 0 Å². The molecule has 0 aliphatic heterocycles. The smallest absolute Gasteiger partial charge is 0.239 e. The number of benzene rings is 2. The van der Waals surface area contributed by atoms with E-state index in [4.69, 9.17) is 9.47 Å². The number of carbonyl (C=O) groups excluding carboxylic acids is 1. The maximum absolute atomic E-state index is 12.2. The number of nitrogens with one attached hydrogen (secondary N) is 1. The van der Waals surface area contributed by atoms with Crippen LogP contribution in [0.4, 0.5) is 5.69 Å². The van der Waals surface area contributed by atoms with Crippen LogP contribution in [-0.2, 0) is 21.2 Å². The highest BCUT2D eigenvalue weighted by Crippen LogP contribution is 2.27. The molecule has 1 amide bonds. The summed E-state index contributed by atoms with van der Waals surface area (Å²) in [6.07, 6.45) is 1.53. The zero-order valence-electron chi connectivity index (χ0n) is 15.6. The Balaban J connectivity index is 2.04. The third kappa shape index (κ3) is 6.26. The molecule has 2 aromatic rings. The second-order valence-electron chi connectivity index (χ2n) is 5.95. The summed E-state index contributed by atoms with van der Waals surface area (Å²) in [5, 5.41) is 2.69. The van der Waals surface area contributed by atoms with Crippen LogP contribution in [0.2, 0.25) is 0 Å². The van der Waals surface area contributed by atoms with Crippen LogP contribution in [0.5, 0.6) is 11.5 Å². The largest absolute Gasteiger partial charge is 0.493 e. The van der Waals surface area contributed by atoms with Crippen molar-refractivity contribution < 1.29 is 22.7 Å². The van der Waals surface area contributed by atoms with Gasteiger partial charge in [-0.1, -0.05) is 24.3 Å². The molecule has 1 N–H and O–H groups in total. The molecule has 7 nitrogen and oxygen atoms in total. The second-order valence-corrected chi connectivity index (χ2v) is 7.93. The van der Waals surface area contributed by atoms with Crippen molar-refractivity contribution in [2.45, 2.75) is 6.42 Å². The van der Waals surface area contributed by atoms with Crippen LogP contribution in [0.25, 0.3) is 0 Å². The number of hydrogen-bond donors (Lipinski definition) is 1. The fraction of sp³-hybridized carbons (Fsp3) is 0.316. The first kappa shape index (κ1) is 20.7. The van der Waals surface area contributed by atoms with Crippen molar-refractivity contribution in [1.29, 1.82) is 0 Å². The predicted octanol–water partition coefficient (Wildman–Crippen LogP) is 2.15. The quantitative estimate of drug-likeness (QED) is 0.707. The number of sulfonamides is 1. The molecule has 0 radical (unpaired) electrons. The fourth-order valence-electron chi connectivity index (χ4n) is 2.53. The zero-order valence-corrected chi connectivity index (χ0v) is 16.5. The molecule has 0 saturated heterocycles. The third-order valence-corrected chi connectivity index (χ3v) is 5.19. The van der Waals surface area contributed by atoms with Gasteiger partial charge in [0.25, 0.3) is 0 Å². The number of rotatable bonds is 9. The van der Waals surface area contributed by atoms with Gasteiger partial charge in [-0.15, -0.1) is 0 Å². The van der Waals surface area contributed by atoms with Crippen molar-refractivity contribution in [1.82, 2.24) is 4.31 Å². The minimum Gasteiger partial charge on any atom is -0.493 e. The lowest BCUT2D eigenvalue weighted by atomic mass is 10.1. The Morgan fingerprint density at radius 2 is 1.70 bits per heavy atom. The van der Waals surface area contributed by atoms with Gasteiger partial charge < -0.3 is 14.8 Å². The highest BCUT2D eigenvalue weighted by Gasteiger charge is 2.20. The lowest BCUT2D eigenvalue weighted by Crippen LogP contribution is -2.38. The predicted molar refractivity (Wildman–Crippen MR) is 105 cm³/mol. The number of methoxy groups -OCH3 is 2. The maximum atomic E-state index is 12.2. The molecule has 0 aromatic heterocycles. The maximum Gasteiger partial charge on any atom is 0.239 e. The van der Waals surface area contributed by atoms with E-state index in [-0.39, 0.29) is 19.0 Å². The summed E-state index contributed by atoms with van der Waals surface area (Å²) in [7, 11) is -0.444. The van der Waals surface area contributed by atoms with Gasteiger partial charge in [0.05, 0.1) is 27.0 Å². The molecular weight excluding hydrogens is 368 g/mol. The third-order valence-electron chi connectivity index (χ3n) is 3.94. The summed E-state index contributed by atoms with van der Waals surface area (Å²) in [5.74, 6) is 0.783. The zero-order chi connectivity index (χ0) is 19.9. The lowest BCUT2D eigenvalue weighted by Gasteiger charge is -2.20. The van der Waals surface area contributed by atoms with Gasteiger partial charge >= 0.3 is 0 Å². The van der Waals surface area contributed by atoms with Crippen LogP contribution in [0.15, 0.2) is 48.5 Å². The molecular formula is C19H24N2O5S. The lowest BCUT2D eigenvalue weighted by molar-refractivity contribution is -0.116. The van der Waals surface area contributed by atoms with Gasteiger partial charge in [0.2, 0.25) is 15.9 Å². The molecule has 0 unspecified atom stereocenters. The molecule has 8 heteroatoms. The molecule has 0 spiro atoms. The summed E-state index contributed by atoms with van der Waals surface area (Å²) in [6, 6.07) is 14.3. The van der Waals surface area contributed by atoms with Crippen LogP contribution in [0.1, 0.15) is 5.56 Å². The first-order valence-corrected chi connectivity index (χ1v) is 10.2. The first-order chi connectivity index (χ1) is 12.8. The Morgan fingerprint density at radius 3 is 2.30 bits per heavy atom. The van der Waals surface area contributed by atoms with E-state index in [0.717, 1.165) is 16.1 Å². The van der Waals surface area contributed by atoms with Gasteiger partial charge in [-0.2, -0.15) is 4.31 Å². The average Bonchev–Trinajstić information content (AvgIpc) is 2.64. The van der Waals surface area contributed by atoms with Crippen LogP contribution in [0, 0.1) is 0 Å². The Hall–Kier alpha value is -2.58. The van der Waals surface area contributed by atoms with E-state index in [0.29, 0.717) is 23.6 Å². The Bertz CT molecular complexity index is 869. The minimum absolute atomic E-state index is 0.177. The molecule has 0 aliphatic rings. The molecule has 0 saturated carbocycles. The van der Waals surface area contributed by atoms with E-state index in [1.807, 2.05) is 12.1 Å². The van der Waals surface area contributed by atoms with Crippen LogP contribution >= 0.6 is 0 Å². The van der Waals surface area contributed by atoms with Crippen molar-refractivity contribution in [2.24, 2.45) is 0 Å². The number of para-hydroxylation sites is 1. The Kier molecular flexibility index (Phi) is 7.20. The van der Waals surface area contributed by atoms with Gasteiger partial charge in [-0.3, -0.25) is 4.79 Å². The van der Waals surface area contributed by atoms with Crippen molar-refractivity contribution in [3.05, 3.63) is 54.1 Å². The first-order valence-electron chi connectivity index (χ1n) is 8.34. The van der Waals surface area contributed by atoms with Crippen molar-refractivity contribution >= 4 is 21.6 Å². The summed E-state index contributed by atoms with van der Waals surface area (Å²) < 4.78 is 35.7. The number of nitrogens with zero attached hydrogens (tertiary/aromatic N) is 1. The van der Waals surface area contributed by atoms with Crippen LogP contribution in [-0.4, -0.2) is 52.2 Å². The van der Waals surface area contributed by atoms with Crippen LogP contribution < -0.4 is 14.8 Å². The molecule has 0 aliphatic carbocycles. The Morgan fingerprint density at radius 1 is 1.04 bits per heavy atom. The molecule has 0 heterocycles. The molecule has 27 heavy (non-hydrogen) atoms. The molecule has 2 rings (SSSR count). The summed E-state index contributed by atoms with van der Waals surface area (Å²) >= 11 is 0. The Labute approximate surface area is 160 Å².